The van der Waals surface area contributed by atoms with Gasteiger partial charge in [0.15, 0.2) is 0 Å². The standard InChI is InChI=1S/C17H19Cl2N/c1-3-17(13-7-6-8-14(18)11-13)20-12(2)15-9-4-5-10-16(15)19/h4-12,17,20H,3H2,1-2H3. The Balaban J connectivity index is 2.16. The van der Waals surface area contributed by atoms with Crippen LogP contribution < -0.4 is 5.32 Å². The molecular formula is C17H19Cl2N. The first-order valence-corrected chi connectivity index (χ1v) is 7.63. The van der Waals surface area contributed by atoms with Gasteiger partial charge in [0.05, 0.1) is 0 Å². The third kappa shape index (κ3) is 3.76. The van der Waals surface area contributed by atoms with Crippen LogP contribution in [0.3, 0.4) is 0 Å². The van der Waals surface area contributed by atoms with Crippen LogP contribution in [0, 0.1) is 0 Å². The van der Waals surface area contributed by atoms with Gasteiger partial charge in [-0.1, -0.05) is 60.5 Å². The molecule has 20 heavy (non-hydrogen) atoms. The van der Waals surface area contributed by atoms with Gasteiger partial charge in [-0.05, 0) is 42.7 Å². The Labute approximate surface area is 130 Å². The molecule has 2 aromatic carbocycles. The molecule has 2 unspecified atom stereocenters. The molecule has 0 bridgehead atoms. The van der Waals surface area contributed by atoms with Gasteiger partial charge < -0.3 is 5.32 Å². The predicted molar refractivity (Wildman–Crippen MR) is 87.5 cm³/mol. The molecule has 0 aliphatic rings. The Bertz CT molecular complexity index is 568. The molecule has 0 aliphatic heterocycles. The van der Waals surface area contributed by atoms with Crippen molar-refractivity contribution >= 4 is 23.2 Å². The monoisotopic (exact) mass is 307 g/mol. The molecular weight excluding hydrogens is 289 g/mol. The Kier molecular flexibility index (Phi) is 5.47. The van der Waals surface area contributed by atoms with Gasteiger partial charge in [-0.15, -0.1) is 0 Å². The van der Waals surface area contributed by atoms with Gasteiger partial charge >= 0.3 is 0 Å². The highest BCUT2D eigenvalue weighted by Crippen LogP contribution is 2.27. The van der Waals surface area contributed by atoms with Gasteiger partial charge in [-0.25, -0.2) is 0 Å². The number of halogens is 2. The summed E-state index contributed by atoms with van der Waals surface area (Å²) in [5.41, 5.74) is 2.33. The average molecular weight is 308 g/mol. The minimum atomic E-state index is 0.188. The van der Waals surface area contributed by atoms with E-state index in [0.29, 0.717) is 0 Å². The maximum Gasteiger partial charge on any atom is 0.0453 e. The highest BCUT2D eigenvalue weighted by molar-refractivity contribution is 6.31. The molecule has 0 heterocycles. The maximum atomic E-state index is 6.26. The van der Waals surface area contributed by atoms with Crippen LogP contribution in [-0.4, -0.2) is 0 Å². The molecule has 0 saturated carbocycles. The summed E-state index contributed by atoms with van der Waals surface area (Å²) in [6.45, 7) is 4.30. The number of hydrogen-bond donors (Lipinski definition) is 1. The van der Waals surface area contributed by atoms with Crippen LogP contribution in [0.25, 0.3) is 0 Å². The lowest BCUT2D eigenvalue weighted by atomic mass is 10.0. The number of nitrogens with one attached hydrogen (secondary N) is 1. The van der Waals surface area contributed by atoms with Crippen LogP contribution in [0.2, 0.25) is 10.0 Å². The summed E-state index contributed by atoms with van der Waals surface area (Å²) in [6.07, 6.45) is 0.995. The Morgan fingerprint density at radius 1 is 1.05 bits per heavy atom. The Morgan fingerprint density at radius 3 is 2.45 bits per heavy atom. The molecule has 0 spiro atoms. The van der Waals surface area contributed by atoms with Crippen molar-refractivity contribution < 1.29 is 0 Å². The molecule has 0 fully saturated rings. The molecule has 1 N–H and O–H groups in total. The van der Waals surface area contributed by atoms with E-state index in [4.69, 9.17) is 23.2 Å². The summed E-state index contributed by atoms with van der Waals surface area (Å²) >= 11 is 12.3. The van der Waals surface area contributed by atoms with Gasteiger partial charge in [0, 0.05) is 22.1 Å². The SMILES string of the molecule is CCC(NC(C)c1ccccc1Cl)c1cccc(Cl)c1. The van der Waals surface area contributed by atoms with Crippen molar-refractivity contribution in [3.05, 3.63) is 69.7 Å². The number of rotatable bonds is 5. The second kappa shape index (κ2) is 7.12. The van der Waals surface area contributed by atoms with Crippen molar-refractivity contribution in [2.75, 3.05) is 0 Å². The van der Waals surface area contributed by atoms with Crippen molar-refractivity contribution in [2.45, 2.75) is 32.4 Å². The lowest BCUT2D eigenvalue weighted by Crippen LogP contribution is -2.24. The fourth-order valence-electron chi connectivity index (χ4n) is 2.39. The smallest absolute Gasteiger partial charge is 0.0453 e. The van der Waals surface area contributed by atoms with Crippen LogP contribution >= 0.6 is 23.2 Å². The van der Waals surface area contributed by atoms with Crippen LogP contribution in [-0.2, 0) is 0 Å². The molecule has 2 rings (SSSR count). The summed E-state index contributed by atoms with van der Waals surface area (Å²) in [4.78, 5) is 0. The lowest BCUT2D eigenvalue weighted by Gasteiger charge is -2.24. The first kappa shape index (κ1) is 15.4. The summed E-state index contributed by atoms with van der Waals surface area (Å²) in [7, 11) is 0. The van der Waals surface area contributed by atoms with Gasteiger partial charge in [0.25, 0.3) is 0 Å². The lowest BCUT2D eigenvalue weighted by molar-refractivity contribution is 0.456. The van der Waals surface area contributed by atoms with Gasteiger partial charge in [0.2, 0.25) is 0 Å². The van der Waals surface area contributed by atoms with Crippen LogP contribution in [0.4, 0.5) is 0 Å². The van der Waals surface area contributed by atoms with E-state index in [9.17, 15) is 0 Å². The highest BCUT2D eigenvalue weighted by Gasteiger charge is 2.15. The third-order valence-electron chi connectivity index (χ3n) is 3.48. The summed E-state index contributed by atoms with van der Waals surface area (Å²) in [6, 6.07) is 16.4. The topological polar surface area (TPSA) is 12.0 Å². The maximum absolute atomic E-state index is 6.26. The van der Waals surface area contributed by atoms with Gasteiger partial charge in [-0.3, -0.25) is 0 Å². The van der Waals surface area contributed by atoms with Crippen molar-refractivity contribution in [1.29, 1.82) is 0 Å². The molecule has 0 amide bonds. The number of benzene rings is 2. The second-order valence-electron chi connectivity index (χ2n) is 4.93. The molecule has 106 valence electrons. The third-order valence-corrected chi connectivity index (χ3v) is 4.06. The summed E-state index contributed by atoms with van der Waals surface area (Å²) in [5.74, 6) is 0. The zero-order valence-electron chi connectivity index (χ0n) is 11.7. The van der Waals surface area contributed by atoms with Crippen molar-refractivity contribution in [1.82, 2.24) is 5.32 Å². The van der Waals surface area contributed by atoms with E-state index in [0.717, 1.165) is 22.0 Å². The van der Waals surface area contributed by atoms with Crippen LogP contribution in [0.15, 0.2) is 48.5 Å². The van der Waals surface area contributed by atoms with Crippen LogP contribution in [0.1, 0.15) is 43.5 Å². The van der Waals surface area contributed by atoms with E-state index in [2.05, 4.69) is 31.3 Å². The van der Waals surface area contributed by atoms with E-state index in [1.807, 2.05) is 36.4 Å². The highest BCUT2D eigenvalue weighted by atomic mass is 35.5. The normalized spacial score (nSPS) is 14.0. The van der Waals surface area contributed by atoms with Crippen molar-refractivity contribution in [3.63, 3.8) is 0 Å². The minimum absolute atomic E-state index is 0.188. The van der Waals surface area contributed by atoms with Gasteiger partial charge in [0.1, 0.15) is 0 Å². The molecule has 2 atom stereocenters. The van der Waals surface area contributed by atoms with E-state index in [-0.39, 0.29) is 12.1 Å². The van der Waals surface area contributed by atoms with E-state index >= 15 is 0 Å². The number of hydrogen-bond acceptors (Lipinski definition) is 1. The zero-order chi connectivity index (χ0) is 14.5. The Morgan fingerprint density at radius 2 is 1.80 bits per heavy atom. The molecule has 0 saturated heterocycles. The van der Waals surface area contributed by atoms with Gasteiger partial charge in [-0.2, -0.15) is 0 Å². The predicted octanol–water partition coefficient (Wildman–Crippen LogP) is 5.80. The molecule has 1 nitrogen and oxygen atoms in total. The summed E-state index contributed by atoms with van der Waals surface area (Å²) < 4.78 is 0. The van der Waals surface area contributed by atoms with E-state index < -0.39 is 0 Å². The molecule has 0 radical (unpaired) electrons. The average Bonchev–Trinajstić information content (AvgIpc) is 2.45. The first-order chi connectivity index (χ1) is 9.61. The van der Waals surface area contributed by atoms with Crippen molar-refractivity contribution in [2.24, 2.45) is 0 Å². The molecule has 3 heteroatoms. The van der Waals surface area contributed by atoms with Crippen LogP contribution in [0.5, 0.6) is 0 Å². The first-order valence-electron chi connectivity index (χ1n) is 6.87. The van der Waals surface area contributed by atoms with E-state index in [1.54, 1.807) is 0 Å². The van der Waals surface area contributed by atoms with E-state index in [1.165, 1.54) is 5.56 Å². The van der Waals surface area contributed by atoms with Crippen molar-refractivity contribution in [3.8, 4) is 0 Å². The summed E-state index contributed by atoms with van der Waals surface area (Å²) in [5, 5.41) is 5.20. The minimum Gasteiger partial charge on any atom is -0.303 e. The second-order valence-corrected chi connectivity index (χ2v) is 5.77. The Hall–Kier alpha value is -1.02. The molecule has 2 aromatic rings. The molecule has 0 aliphatic carbocycles. The fraction of sp³-hybridized carbons (Fsp3) is 0.294. The quantitative estimate of drug-likeness (QED) is 0.736. The zero-order valence-corrected chi connectivity index (χ0v) is 13.2. The molecule has 0 aromatic heterocycles. The fourth-order valence-corrected chi connectivity index (χ4v) is 2.89. The largest absolute Gasteiger partial charge is 0.303 e.